The molecule has 0 saturated carbocycles. The number of aromatic nitrogens is 2. The molecular formula is C8H10N2O2. The number of carboxylic acid groups (broad SMARTS) is 1. The third-order valence-electron chi connectivity index (χ3n) is 1.35. The number of hydrogen-bond donors (Lipinski definition) is 1. The summed E-state index contributed by atoms with van der Waals surface area (Å²) in [6.45, 7) is 3.57. The molecule has 1 aromatic heterocycles. The van der Waals surface area contributed by atoms with Crippen LogP contribution >= 0.6 is 0 Å². The molecule has 0 bridgehead atoms. The van der Waals surface area contributed by atoms with Crippen LogP contribution in [0.5, 0.6) is 0 Å². The van der Waals surface area contributed by atoms with Crippen LogP contribution in [0.25, 0.3) is 0 Å². The molecule has 0 amide bonds. The first-order valence-corrected chi connectivity index (χ1v) is 3.61. The van der Waals surface area contributed by atoms with Crippen LogP contribution < -0.4 is 0 Å². The van der Waals surface area contributed by atoms with Crippen molar-refractivity contribution in [1.82, 2.24) is 9.97 Å². The second kappa shape index (κ2) is 3.30. The molecule has 1 heterocycles. The van der Waals surface area contributed by atoms with Gasteiger partial charge < -0.3 is 5.11 Å². The largest absolute Gasteiger partial charge is 0.481 e. The molecular weight excluding hydrogens is 156 g/mol. The third kappa shape index (κ3) is 2.30. The summed E-state index contributed by atoms with van der Waals surface area (Å²) in [5.41, 5.74) is 1.37. The van der Waals surface area contributed by atoms with Gasteiger partial charge in [-0.05, 0) is 19.9 Å². The average molecular weight is 166 g/mol. The molecule has 1 N–H and O–H groups in total. The Labute approximate surface area is 70.3 Å². The lowest BCUT2D eigenvalue weighted by molar-refractivity contribution is -0.136. The standard InChI is InChI=1S/C8H10N2O2/c1-5-3-7(4-8(11)12)10-6(2)9-5/h3H,4H2,1-2H3,(H,11,12). The van der Waals surface area contributed by atoms with E-state index in [-0.39, 0.29) is 6.42 Å². The van der Waals surface area contributed by atoms with E-state index in [4.69, 9.17) is 5.11 Å². The Bertz CT molecular complexity index is 290. The quantitative estimate of drug-likeness (QED) is 0.703. The van der Waals surface area contributed by atoms with Crippen molar-refractivity contribution in [2.75, 3.05) is 0 Å². The molecule has 0 atom stereocenters. The lowest BCUT2D eigenvalue weighted by atomic mass is 10.2. The SMILES string of the molecule is Cc1cc(CC(=O)O)nc(C)n1. The van der Waals surface area contributed by atoms with Gasteiger partial charge in [-0.15, -0.1) is 0 Å². The summed E-state index contributed by atoms with van der Waals surface area (Å²) in [5, 5.41) is 8.49. The van der Waals surface area contributed by atoms with Gasteiger partial charge in [0.25, 0.3) is 0 Å². The van der Waals surface area contributed by atoms with Crippen LogP contribution in [0.2, 0.25) is 0 Å². The number of aliphatic carboxylic acids is 1. The van der Waals surface area contributed by atoms with Crippen molar-refractivity contribution < 1.29 is 9.90 Å². The molecule has 0 fully saturated rings. The van der Waals surface area contributed by atoms with Gasteiger partial charge in [-0.25, -0.2) is 9.97 Å². The minimum absolute atomic E-state index is 0.0375. The Kier molecular flexibility index (Phi) is 2.38. The summed E-state index contributed by atoms with van der Waals surface area (Å²) in [4.78, 5) is 18.4. The molecule has 0 saturated heterocycles. The lowest BCUT2D eigenvalue weighted by Crippen LogP contribution is -2.04. The Morgan fingerprint density at radius 2 is 2.17 bits per heavy atom. The Morgan fingerprint density at radius 3 is 2.67 bits per heavy atom. The summed E-state index contributed by atoms with van der Waals surface area (Å²) in [5.74, 6) is -0.251. The molecule has 1 aromatic rings. The Balaban J connectivity index is 2.93. The molecule has 12 heavy (non-hydrogen) atoms. The zero-order chi connectivity index (χ0) is 9.14. The van der Waals surface area contributed by atoms with Crippen molar-refractivity contribution in [2.24, 2.45) is 0 Å². The van der Waals surface area contributed by atoms with E-state index >= 15 is 0 Å². The van der Waals surface area contributed by atoms with E-state index in [1.54, 1.807) is 13.0 Å². The number of carboxylic acids is 1. The summed E-state index contributed by atoms with van der Waals surface area (Å²) in [6, 6.07) is 1.68. The van der Waals surface area contributed by atoms with E-state index in [2.05, 4.69) is 9.97 Å². The molecule has 4 heteroatoms. The van der Waals surface area contributed by atoms with Crippen molar-refractivity contribution in [1.29, 1.82) is 0 Å². The fourth-order valence-corrected chi connectivity index (χ4v) is 1.04. The van der Waals surface area contributed by atoms with Crippen LogP contribution in [0.15, 0.2) is 6.07 Å². The van der Waals surface area contributed by atoms with E-state index in [1.165, 1.54) is 0 Å². The fourth-order valence-electron chi connectivity index (χ4n) is 1.04. The first kappa shape index (κ1) is 8.64. The minimum atomic E-state index is -0.868. The van der Waals surface area contributed by atoms with Gasteiger partial charge >= 0.3 is 5.97 Å². The lowest BCUT2D eigenvalue weighted by Gasteiger charge is -1.99. The van der Waals surface area contributed by atoms with Gasteiger partial charge in [-0.3, -0.25) is 4.79 Å². The van der Waals surface area contributed by atoms with Gasteiger partial charge in [0.05, 0.1) is 12.1 Å². The molecule has 0 aliphatic rings. The normalized spacial score (nSPS) is 9.83. The van der Waals surface area contributed by atoms with E-state index in [0.29, 0.717) is 11.5 Å². The number of carbonyl (C=O) groups is 1. The smallest absolute Gasteiger partial charge is 0.309 e. The van der Waals surface area contributed by atoms with Crippen molar-refractivity contribution in [3.05, 3.63) is 23.3 Å². The highest BCUT2D eigenvalue weighted by Crippen LogP contribution is 2.00. The Morgan fingerprint density at radius 1 is 1.50 bits per heavy atom. The maximum atomic E-state index is 10.3. The molecule has 1 rings (SSSR count). The number of hydrogen-bond acceptors (Lipinski definition) is 3. The topological polar surface area (TPSA) is 63.1 Å². The van der Waals surface area contributed by atoms with Crippen molar-refractivity contribution in [3.8, 4) is 0 Å². The fraction of sp³-hybridized carbons (Fsp3) is 0.375. The van der Waals surface area contributed by atoms with Gasteiger partial charge in [-0.2, -0.15) is 0 Å². The monoisotopic (exact) mass is 166 g/mol. The zero-order valence-electron chi connectivity index (χ0n) is 7.03. The number of aryl methyl sites for hydroxylation is 2. The first-order valence-electron chi connectivity index (χ1n) is 3.61. The second-order valence-corrected chi connectivity index (χ2v) is 2.62. The van der Waals surface area contributed by atoms with Gasteiger partial charge in [0.15, 0.2) is 0 Å². The van der Waals surface area contributed by atoms with Gasteiger partial charge in [0.2, 0.25) is 0 Å². The maximum absolute atomic E-state index is 10.3. The second-order valence-electron chi connectivity index (χ2n) is 2.62. The first-order chi connectivity index (χ1) is 5.58. The van der Waals surface area contributed by atoms with Gasteiger partial charge in [0.1, 0.15) is 5.82 Å². The highest BCUT2D eigenvalue weighted by molar-refractivity contribution is 5.69. The predicted octanol–water partition coefficient (Wildman–Crippen LogP) is 0.721. The third-order valence-corrected chi connectivity index (χ3v) is 1.35. The molecule has 0 spiro atoms. The average Bonchev–Trinajstić information content (AvgIpc) is 1.81. The van der Waals surface area contributed by atoms with E-state index in [1.807, 2.05) is 6.92 Å². The molecule has 0 radical (unpaired) electrons. The summed E-state index contributed by atoms with van der Waals surface area (Å²) < 4.78 is 0. The summed E-state index contributed by atoms with van der Waals surface area (Å²) in [7, 11) is 0. The number of nitrogens with zero attached hydrogens (tertiary/aromatic N) is 2. The minimum Gasteiger partial charge on any atom is -0.481 e. The Hall–Kier alpha value is -1.45. The van der Waals surface area contributed by atoms with E-state index in [9.17, 15) is 4.79 Å². The molecule has 0 unspecified atom stereocenters. The zero-order valence-corrected chi connectivity index (χ0v) is 7.03. The highest BCUT2D eigenvalue weighted by atomic mass is 16.4. The van der Waals surface area contributed by atoms with Crippen LogP contribution in [0.3, 0.4) is 0 Å². The molecule has 0 aliphatic carbocycles. The number of rotatable bonds is 2. The van der Waals surface area contributed by atoms with Gasteiger partial charge in [0, 0.05) is 5.69 Å². The van der Waals surface area contributed by atoms with Crippen molar-refractivity contribution in [2.45, 2.75) is 20.3 Å². The predicted molar refractivity (Wildman–Crippen MR) is 42.8 cm³/mol. The van der Waals surface area contributed by atoms with Crippen molar-refractivity contribution in [3.63, 3.8) is 0 Å². The maximum Gasteiger partial charge on any atom is 0.309 e. The van der Waals surface area contributed by atoms with E-state index < -0.39 is 5.97 Å². The molecule has 4 nitrogen and oxygen atoms in total. The van der Waals surface area contributed by atoms with Crippen molar-refractivity contribution >= 4 is 5.97 Å². The van der Waals surface area contributed by atoms with Crippen LogP contribution in [0.4, 0.5) is 0 Å². The molecule has 64 valence electrons. The van der Waals surface area contributed by atoms with Crippen LogP contribution in [-0.2, 0) is 11.2 Å². The molecule has 0 aliphatic heterocycles. The summed E-state index contributed by atoms with van der Waals surface area (Å²) >= 11 is 0. The van der Waals surface area contributed by atoms with Crippen LogP contribution in [0, 0.1) is 13.8 Å². The summed E-state index contributed by atoms with van der Waals surface area (Å²) in [6.07, 6.45) is -0.0375. The van der Waals surface area contributed by atoms with Crippen LogP contribution in [0.1, 0.15) is 17.2 Å². The highest BCUT2D eigenvalue weighted by Gasteiger charge is 2.03. The molecule has 0 aromatic carbocycles. The van der Waals surface area contributed by atoms with Crippen LogP contribution in [-0.4, -0.2) is 21.0 Å². The van der Waals surface area contributed by atoms with E-state index in [0.717, 1.165) is 5.69 Å². The van der Waals surface area contributed by atoms with Gasteiger partial charge in [-0.1, -0.05) is 0 Å².